The number of halogens is 1. The van der Waals surface area contributed by atoms with Crippen LogP contribution >= 0.6 is 12.2 Å². The molecule has 0 aliphatic carbocycles. The predicted octanol–water partition coefficient (Wildman–Crippen LogP) is 2.38. The second-order valence-corrected chi connectivity index (χ2v) is 6.48. The molecule has 1 aliphatic rings. The lowest BCUT2D eigenvalue weighted by Gasteiger charge is -2.36. The molecule has 1 N–H and O–H groups in total. The number of thiocarbonyl (C=S) groups is 1. The van der Waals surface area contributed by atoms with E-state index >= 15 is 0 Å². The first-order chi connectivity index (χ1) is 11.5. The monoisotopic (exact) mass is 347 g/mol. The fourth-order valence-corrected chi connectivity index (χ4v) is 3.11. The standard InChI is InChI=1S/C17H22FN5S/c1-13-16(11-19-21(13)2)20-17(24)23-8-6-22(7-9-23)12-14-4-3-5-15(18)10-14/h3-5,10-11H,6-9,12H2,1-2H3,(H,20,24). The van der Waals surface area contributed by atoms with Gasteiger partial charge in [0.25, 0.3) is 0 Å². The minimum Gasteiger partial charge on any atom is -0.346 e. The summed E-state index contributed by atoms with van der Waals surface area (Å²) >= 11 is 5.52. The van der Waals surface area contributed by atoms with E-state index in [1.807, 2.05) is 24.7 Å². The Balaban J connectivity index is 1.51. The Kier molecular flexibility index (Phi) is 5.11. The first-order valence-electron chi connectivity index (χ1n) is 8.04. The van der Waals surface area contributed by atoms with E-state index in [1.165, 1.54) is 6.07 Å². The van der Waals surface area contributed by atoms with E-state index in [9.17, 15) is 4.39 Å². The van der Waals surface area contributed by atoms with Crippen LogP contribution in [0, 0.1) is 12.7 Å². The van der Waals surface area contributed by atoms with E-state index in [2.05, 4.69) is 20.2 Å². The zero-order valence-corrected chi connectivity index (χ0v) is 14.8. The predicted molar refractivity (Wildman–Crippen MR) is 97.4 cm³/mol. The maximum Gasteiger partial charge on any atom is 0.173 e. The summed E-state index contributed by atoms with van der Waals surface area (Å²) in [6.45, 7) is 6.32. The molecule has 1 aromatic carbocycles. The first-order valence-corrected chi connectivity index (χ1v) is 8.45. The van der Waals surface area contributed by atoms with E-state index in [-0.39, 0.29) is 5.82 Å². The Labute approximate surface area is 147 Å². The van der Waals surface area contributed by atoms with Crippen molar-refractivity contribution < 1.29 is 4.39 Å². The van der Waals surface area contributed by atoms with Crippen molar-refractivity contribution in [2.75, 3.05) is 31.5 Å². The number of nitrogens with zero attached hydrogens (tertiary/aromatic N) is 4. The van der Waals surface area contributed by atoms with E-state index in [4.69, 9.17) is 12.2 Å². The van der Waals surface area contributed by atoms with Gasteiger partial charge in [-0.1, -0.05) is 12.1 Å². The Morgan fingerprint density at radius 1 is 1.29 bits per heavy atom. The van der Waals surface area contributed by atoms with Crippen molar-refractivity contribution in [2.24, 2.45) is 7.05 Å². The van der Waals surface area contributed by atoms with Crippen molar-refractivity contribution in [1.29, 1.82) is 0 Å². The first kappa shape index (κ1) is 16.9. The van der Waals surface area contributed by atoms with Crippen molar-refractivity contribution in [1.82, 2.24) is 19.6 Å². The van der Waals surface area contributed by atoms with Crippen LogP contribution < -0.4 is 5.32 Å². The molecule has 0 atom stereocenters. The van der Waals surface area contributed by atoms with Crippen LogP contribution in [0.15, 0.2) is 30.5 Å². The van der Waals surface area contributed by atoms with E-state index in [1.54, 1.807) is 18.3 Å². The van der Waals surface area contributed by atoms with Crippen molar-refractivity contribution in [3.05, 3.63) is 47.5 Å². The van der Waals surface area contributed by atoms with E-state index in [0.717, 1.165) is 54.8 Å². The fraction of sp³-hybridized carbons (Fsp3) is 0.412. The van der Waals surface area contributed by atoms with Gasteiger partial charge in [-0.05, 0) is 36.8 Å². The molecular formula is C17H22FN5S. The highest BCUT2D eigenvalue weighted by atomic mass is 32.1. The molecular weight excluding hydrogens is 325 g/mol. The quantitative estimate of drug-likeness (QED) is 0.863. The molecule has 1 fully saturated rings. The summed E-state index contributed by atoms with van der Waals surface area (Å²) in [5.41, 5.74) is 3.02. The van der Waals surface area contributed by atoms with Gasteiger partial charge in [0.2, 0.25) is 0 Å². The summed E-state index contributed by atoms with van der Waals surface area (Å²) < 4.78 is 15.1. The molecule has 1 saturated heterocycles. The van der Waals surface area contributed by atoms with Gasteiger partial charge in [-0.15, -0.1) is 0 Å². The Morgan fingerprint density at radius 2 is 2.04 bits per heavy atom. The van der Waals surface area contributed by atoms with Crippen LogP contribution in [0.1, 0.15) is 11.3 Å². The molecule has 2 heterocycles. The number of hydrogen-bond donors (Lipinski definition) is 1. The second kappa shape index (κ2) is 7.27. The molecule has 128 valence electrons. The van der Waals surface area contributed by atoms with Crippen LogP contribution in [0.3, 0.4) is 0 Å². The SMILES string of the molecule is Cc1c(NC(=S)N2CCN(Cc3cccc(F)c3)CC2)cnn1C. The molecule has 0 radical (unpaired) electrons. The maximum atomic E-state index is 13.3. The smallest absolute Gasteiger partial charge is 0.173 e. The molecule has 1 aromatic heterocycles. The molecule has 5 nitrogen and oxygen atoms in total. The molecule has 24 heavy (non-hydrogen) atoms. The average molecular weight is 347 g/mol. The average Bonchev–Trinajstić information content (AvgIpc) is 2.87. The van der Waals surface area contributed by atoms with Gasteiger partial charge in [0.15, 0.2) is 5.11 Å². The van der Waals surface area contributed by atoms with Crippen molar-refractivity contribution in [3.63, 3.8) is 0 Å². The minimum absolute atomic E-state index is 0.177. The number of hydrogen-bond acceptors (Lipinski definition) is 3. The fourth-order valence-electron chi connectivity index (χ4n) is 2.82. The second-order valence-electron chi connectivity index (χ2n) is 6.09. The number of aromatic nitrogens is 2. The van der Waals surface area contributed by atoms with Gasteiger partial charge in [-0.25, -0.2) is 4.39 Å². The van der Waals surface area contributed by atoms with Crippen molar-refractivity contribution in [2.45, 2.75) is 13.5 Å². The number of benzene rings is 1. The molecule has 0 bridgehead atoms. The Bertz CT molecular complexity index is 722. The minimum atomic E-state index is -0.177. The summed E-state index contributed by atoms with van der Waals surface area (Å²) in [6, 6.07) is 6.80. The highest BCUT2D eigenvalue weighted by Crippen LogP contribution is 2.15. The lowest BCUT2D eigenvalue weighted by Crippen LogP contribution is -2.49. The number of aryl methyl sites for hydroxylation is 1. The number of anilines is 1. The van der Waals surface area contributed by atoms with Crippen LogP contribution in [0.25, 0.3) is 0 Å². The largest absolute Gasteiger partial charge is 0.346 e. The lowest BCUT2D eigenvalue weighted by molar-refractivity contribution is 0.177. The van der Waals surface area contributed by atoms with Gasteiger partial charge in [0.05, 0.1) is 17.6 Å². The van der Waals surface area contributed by atoms with Crippen molar-refractivity contribution in [3.8, 4) is 0 Å². The van der Waals surface area contributed by atoms with Crippen LogP contribution in [-0.4, -0.2) is 50.9 Å². The normalized spacial score (nSPS) is 15.5. The van der Waals surface area contributed by atoms with Crippen molar-refractivity contribution >= 4 is 23.0 Å². The molecule has 2 aromatic rings. The topological polar surface area (TPSA) is 36.3 Å². The third kappa shape index (κ3) is 3.91. The van der Waals surface area contributed by atoms with E-state index in [0.29, 0.717) is 0 Å². The van der Waals surface area contributed by atoms with Crippen LogP contribution in [0.2, 0.25) is 0 Å². The summed E-state index contributed by atoms with van der Waals surface area (Å²) in [7, 11) is 1.91. The Morgan fingerprint density at radius 3 is 2.67 bits per heavy atom. The van der Waals surface area contributed by atoms with E-state index < -0.39 is 0 Å². The van der Waals surface area contributed by atoms with Gasteiger partial charge in [0.1, 0.15) is 5.82 Å². The van der Waals surface area contributed by atoms with Gasteiger partial charge in [-0.3, -0.25) is 9.58 Å². The summed E-state index contributed by atoms with van der Waals surface area (Å²) in [5, 5.41) is 8.23. The molecule has 0 spiro atoms. The zero-order chi connectivity index (χ0) is 17.1. The summed E-state index contributed by atoms with van der Waals surface area (Å²) in [4.78, 5) is 4.49. The zero-order valence-electron chi connectivity index (χ0n) is 14.0. The molecule has 1 aliphatic heterocycles. The molecule has 0 saturated carbocycles. The van der Waals surface area contributed by atoms with Gasteiger partial charge in [-0.2, -0.15) is 5.10 Å². The number of rotatable bonds is 3. The molecule has 7 heteroatoms. The van der Waals surface area contributed by atoms with Gasteiger partial charge < -0.3 is 10.2 Å². The van der Waals surface area contributed by atoms with Crippen LogP contribution in [-0.2, 0) is 13.6 Å². The molecule has 0 amide bonds. The molecule has 3 rings (SSSR count). The van der Waals surface area contributed by atoms with Gasteiger partial charge in [0, 0.05) is 39.8 Å². The highest BCUT2D eigenvalue weighted by Gasteiger charge is 2.20. The third-order valence-electron chi connectivity index (χ3n) is 4.43. The van der Waals surface area contributed by atoms with Crippen LogP contribution in [0.4, 0.5) is 10.1 Å². The molecule has 0 unspecified atom stereocenters. The number of piperazine rings is 1. The van der Waals surface area contributed by atoms with Crippen LogP contribution in [0.5, 0.6) is 0 Å². The maximum absolute atomic E-state index is 13.3. The lowest BCUT2D eigenvalue weighted by atomic mass is 10.2. The number of nitrogens with one attached hydrogen (secondary N) is 1. The summed E-state index contributed by atoms with van der Waals surface area (Å²) in [6.07, 6.45) is 1.79. The van der Waals surface area contributed by atoms with Gasteiger partial charge >= 0.3 is 0 Å². The Hall–Kier alpha value is -1.99. The highest BCUT2D eigenvalue weighted by molar-refractivity contribution is 7.80. The summed E-state index contributed by atoms with van der Waals surface area (Å²) in [5.74, 6) is -0.177. The third-order valence-corrected chi connectivity index (χ3v) is 4.79.